The predicted octanol–water partition coefficient (Wildman–Crippen LogP) is 3.62. The number of ether oxygens (including phenoxy) is 1. The summed E-state index contributed by atoms with van der Waals surface area (Å²) < 4.78 is 44.3. The number of benzene rings is 2. The third-order valence-electron chi connectivity index (χ3n) is 4.60. The lowest BCUT2D eigenvalue weighted by Gasteiger charge is -2.24. The average Bonchev–Trinajstić information content (AvgIpc) is 3.25. The molecule has 1 atom stereocenters. The van der Waals surface area contributed by atoms with Gasteiger partial charge >= 0.3 is 6.18 Å². The zero-order chi connectivity index (χ0) is 21.1. The Morgan fingerprint density at radius 1 is 1.19 bits per heavy atom. The number of halogens is 4. The number of rotatable bonds is 4. The highest BCUT2D eigenvalue weighted by Gasteiger charge is 2.30. The van der Waals surface area contributed by atoms with Crippen LogP contribution in [0.15, 0.2) is 54.7 Å². The first-order valence-corrected chi connectivity index (χ1v) is 9.24. The van der Waals surface area contributed by atoms with Crippen LogP contribution in [0.5, 0.6) is 0 Å². The minimum atomic E-state index is -4.48. The largest absolute Gasteiger partial charge is 0.416 e. The first-order chi connectivity index (χ1) is 14.4. The topological polar surface area (TPSA) is 81.1 Å². The van der Waals surface area contributed by atoms with Crippen molar-refractivity contribution in [1.29, 1.82) is 0 Å². The number of carbonyl (C=O) groups is 1. The van der Waals surface area contributed by atoms with Gasteiger partial charge in [-0.05, 0) is 35.9 Å². The normalized spacial score (nSPS) is 16.4. The minimum Gasteiger partial charge on any atom is -0.371 e. The molecule has 1 aromatic heterocycles. The summed E-state index contributed by atoms with van der Waals surface area (Å²) in [6, 6.07) is 11.8. The van der Waals surface area contributed by atoms with Crippen LogP contribution >= 0.6 is 12.4 Å². The number of hydrogen-bond donors (Lipinski definition) is 2. The number of morpholine rings is 1. The molecule has 1 amide bonds. The maximum absolute atomic E-state index is 12.9. The zero-order valence-corrected chi connectivity index (χ0v) is 16.9. The van der Waals surface area contributed by atoms with Gasteiger partial charge in [-0.1, -0.05) is 18.2 Å². The SMILES string of the molecule is Cl.O=C(Nc1ccc([C@H]2CNCCO2)cc1)c1cnn(-c2cccc(C(F)(F)F)c2)n1. The van der Waals surface area contributed by atoms with Crippen LogP contribution in [-0.4, -0.2) is 40.6 Å². The Hall–Kier alpha value is -2.95. The summed E-state index contributed by atoms with van der Waals surface area (Å²) >= 11 is 0. The Morgan fingerprint density at radius 3 is 2.65 bits per heavy atom. The van der Waals surface area contributed by atoms with E-state index in [1.807, 2.05) is 12.1 Å². The molecule has 2 N–H and O–H groups in total. The molecule has 1 fully saturated rings. The number of alkyl halides is 3. The van der Waals surface area contributed by atoms with Gasteiger partial charge in [0.25, 0.3) is 5.91 Å². The van der Waals surface area contributed by atoms with Gasteiger partial charge in [0.2, 0.25) is 0 Å². The number of carbonyl (C=O) groups excluding carboxylic acids is 1. The van der Waals surface area contributed by atoms with E-state index >= 15 is 0 Å². The van der Waals surface area contributed by atoms with Crippen molar-refractivity contribution in [3.8, 4) is 5.69 Å². The highest BCUT2D eigenvalue weighted by Crippen LogP contribution is 2.30. The van der Waals surface area contributed by atoms with Crippen molar-refractivity contribution in [3.63, 3.8) is 0 Å². The minimum absolute atomic E-state index is 0. The van der Waals surface area contributed by atoms with Gasteiger partial charge in [-0.3, -0.25) is 4.79 Å². The summed E-state index contributed by atoms with van der Waals surface area (Å²) in [5, 5.41) is 13.8. The fourth-order valence-corrected chi connectivity index (χ4v) is 3.05. The highest BCUT2D eigenvalue weighted by atomic mass is 35.5. The van der Waals surface area contributed by atoms with Gasteiger partial charge in [0.1, 0.15) is 0 Å². The maximum atomic E-state index is 12.9. The van der Waals surface area contributed by atoms with Crippen LogP contribution in [0.25, 0.3) is 5.69 Å². The number of amides is 1. The van der Waals surface area contributed by atoms with E-state index in [-0.39, 0.29) is 29.9 Å². The molecule has 2 heterocycles. The highest BCUT2D eigenvalue weighted by molar-refractivity contribution is 6.02. The van der Waals surface area contributed by atoms with Crippen LogP contribution in [0.3, 0.4) is 0 Å². The Morgan fingerprint density at radius 2 is 1.97 bits per heavy atom. The fourth-order valence-electron chi connectivity index (χ4n) is 3.05. The van der Waals surface area contributed by atoms with Crippen LogP contribution in [0.1, 0.15) is 27.7 Å². The van der Waals surface area contributed by atoms with E-state index in [9.17, 15) is 18.0 Å². The van der Waals surface area contributed by atoms with E-state index in [4.69, 9.17) is 4.74 Å². The van der Waals surface area contributed by atoms with Crippen LogP contribution in [0.4, 0.5) is 18.9 Å². The first kappa shape index (κ1) is 22.7. The summed E-state index contributed by atoms with van der Waals surface area (Å²) in [5.74, 6) is -0.517. The fraction of sp³-hybridized carbons (Fsp3) is 0.250. The van der Waals surface area contributed by atoms with Gasteiger partial charge in [-0.2, -0.15) is 23.1 Å². The summed E-state index contributed by atoms with van der Waals surface area (Å²) in [5.41, 5.74) is 0.822. The van der Waals surface area contributed by atoms with Crippen LogP contribution in [-0.2, 0) is 10.9 Å². The Bertz CT molecular complexity index is 1030. The molecular formula is C20H19ClF3N5O2. The second kappa shape index (κ2) is 9.46. The summed E-state index contributed by atoms with van der Waals surface area (Å²) in [6.45, 7) is 2.20. The zero-order valence-electron chi connectivity index (χ0n) is 16.1. The standard InChI is InChI=1S/C20H18F3N5O2.ClH/c21-20(22,23)14-2-1-3-16(10-14)28-25-11-17(27-28)19(29)26-15-6-4-13(5-7-15)18-12-24-8-9-30-18;/h1-7,10-11,18,24H,8-9,12H2,(H,26,29);1H/t18-;/m1./s1. The molecule has 0 radical (unpaired) electrons. The van der Waals surface area contributed by atoms with E-state index in [0.717, 1.165) is 35.6 Å². The molecule has 1 saturated heterocycles. The van der Waals surface area contributed by atoms with E-state index in [1.54, 1.807) is 12.1 Å². The first-order valence-electron chi connectivity index (χ1n) is 9.24. The van der Waals surface area contributed by atoms with Crippen LogP contribution in [0, 0.1) is 0 Å². The molecule has 0 bridgehead atoms. The Balaban J connectivity index is 0.00000272. The number of nitrogens with one attached hydrogen (secondary N) is 2. The van der Waals surface area contributed by atoms with Crippen molar-refractivity contribution in [2.24, 2.45) is 0 Å². The van der Waals surface area contributed by atoms with Gasteiger partial charge in [-0.15, -0.1) is 17.5 Å². The van der Waals surface area contributed by atoms with E-state index in [2.05, 4.69) is 20.8 Å². The van der Waals surface area contributed by atoms with Gasteiger partial charge in [0.05, 0.1) is 30.2 Å². The van der Waals surface area contributed by atoms with Crippen molar-refractivity contribution in [3.05, 3.63) is 71.5 Å². The van der Waals surface area contributed by atoms with Crippen molar-refractivity contribution in [1.82, 2.24) is 20.3 Å². The smallest absolute Gasteiger partial charge is 0.371 e. The molecule has 0 saturated carbocycles. The Kier molecular flexibility index (Phi) is 6.94. The molecule has 3 aromatic rings. The van der Waals surface area contributed by atoms with Gasteiger partial charge in [0, 0.05) is 18.8 Å². The van der Waals surface area contributed by atoms with E-state index < -0.39 is 17.6 Å². The molecule has 0 unspecified atom stereocenters. The average molecular weight is 454 g/mol. The molecule has 0 aliphatic carbocycles. The molecular weight excluding hydrogens is 435 g/mol. The molecule has 31 heavy (non-hydrogen) atoms. The number of nitrogens with zero attached hydrogens (tertiary/aromatic N) is 3. The maximum Gasteiger partial charge on any atom is 0.416 e. The number of aromatic nitrogens is 3. The molecule has 11 heteroatoms. The quantitative estimate of drug-likeness (QED) is 0.630. The molecule has 2 aromatic carbocycles. The van der Waals surface area contributed by atoms with Gasteiger partial charge in [0.15, 0.2) is 5.69 Å². The van der Waals surface area contributed by atoms with E-state index in [1.165, 1.54) is 18.3 Å². The number of anilines is 1. The third kappa shape index (κ3) is 5.40. The molecule has 0 spiro atoms. The lowest BCUT2D eigenvalue weighted by molar-refractivity contribution is -0.137. The number of hydrogen-bond acceptors (Lipinski definition) is 5. The van der Waals surface area contributed by atoms with Crippen molar-refractivity contribution in [2.45, 2.75) is 12.3 Å². The van der Waals surface area contributed by atoms with Crippen LogP contribution < -0.4 is 10.6 Å². The summed E-state index contributed by atoms with van der Waals surface area (Å²) in [4.78, 5) is 13.4. The predicted molar refractivity (Wildman–Crippen MR) is 110 cm³/mol. The van der Waals surface area contributed by atoms with Crippen LogP contribution in [0.2, 0.25) is 0 Å². The molecule has 4 rings (SSSR count). The molecule has 1 aliphatic rings. The molecule has 164 valence electrons. The van der Waals surface area contributed by atoms with E-state index in [0.29, 0.717) is 12.3 Å². The molecule has 1 aliphatic heterocycles. The van der Waals surface area contributed by atoms with Crippen molar-refractivity contribution in [2.75, 3.05) is 25.0 Å². The second-order valence-corrected chi connectivity index (χ2v) is 6.71. The lowest BCUT2D eigenvalue weighted by Crippen LogP contribution is -2.33. The van der Waals surface area contributed by atoms with Gasteiger partial charge < -0.3 is 15.4 Å². The summed E-state index contributed by atoms with van der Waals surface area (Å²) in [7, 11) is 0. The second-order valence-electron chi connectivity index (χ2n) is 6.71. The van der Waals surface area contributed by atoms with Crippen molar-refractivity contribution >= 4 is 24.0 Å². The molecule has 7 nitrogen and oxygen atoms in total. The Labute approximate surface area is 182 Å². The monoisotopic (exact) mass is 453 g/mol. The van der Waals surface area contributed by atoms with Crippen molar-refractivity contribution < 1.29 is 22.7 Å². The third-order valence-corrected chi connectivity index (χ3v) is 4.60. The lowest BCUT2D eigenvalue weighted by atomic mass is 10.1. The van der Waals surface area contributed by atoms with Gasteiger partial charge in [-0.25, -0.2) is 0 Å². The summed E-state index contributed by atoms with van der Waals surface area (Å²) in [6.07, 6.45) is -3.31.